The third-order valence-electron chi connectivity index (χ3n) is 3.40. The van der Waals surface area contributed by atoms with Gasteiger partial charge in [-0.25, -0.2) is 8.42 Å². The van der Waals surface area contributed by atoms with Crippen molar-refractivity contribution >= 4 is 21.8 Å². The fourth-order valence-corrected chi connectivity index (χ4v) is 5.75. The van der Waals surface area contributed by atoms with Gasteiger partial charge in [0.25, 0.3) is 0 Å². The lowest BCUT2D eigenvalue weighted by molar-refractivity contribution is 0.366. The van der Waals surface area contributed by atoms with Crippen LogP contribution in [0.25, 0.3) is 0 Å². The normalized spacial score (nSPS) is 21.8. The second kappa shape index (κ2) is 5.47. The Balaban J connectivity index is 2.50. The summed E-state index contributed by atoms with van der Waals surface area (Å²) in [6.45, 7) is 6.09. The monoisotopic (exact) mass is 304 g/mol. The molecule has 108 valence electrons. The quantitative estimate of drug-likeness (QED) is 0.915. The summed E-state index contributed by atoms with van der Waals surface area (Å²) in [6, 6.07) is 0.00369. The molecule has 1 aliphatic rings. The highest BCUT2D eigenvalue weighted by Gasteiger charge is 2.35. The summed E-state index contributed by atoms with van der Waals surface area (Å²) in [4.78, 5) is 0.270. The van der Waals surface area contributed by atoms with Crippen molar-refractivity contribution in [3.8, 4) is 0 Å². The number of aryl methyl sites for hydroxylation is 2. The third-order valence-corrected chi connectivity index (χ3v) is 6.80. The summed E-state index contributed by atoms with van der Waals surface area (Å²) in [6.07, 6.45) is 0. The molecule has 7 heteroatoms. The van der Waals surface area contributed by atoms with Crippen molar-refractivity contribution in [1.29, 1.82) is 0 Å². The molecule has 1 fully saturated rings. The fraction of sp³-hybridized carbons (Fsp3) is 0.667. The number of nitrogens with two attached hydrogens (primary N) is 1. The van der Waals surface area contributed by atoms with E-state index in [1.165, 1.54) is 0 Å². The fourth-order valence-electron chi connectivity index (χ4n) is 2.47. The number of thioether (sulfide) groups is 1. The van der Waals surface area contributed by atoms with Gasteiger partial charge in [-0.3, -0.25) is 0 Å². The topological polar surface area (TPSA) is 76.5 Å². The van der Waals surface area contributed by atoms with Crippen LogP contribution in [0.3, 0.4) is 0 Å². The number of hydrogen-bond acceptors (Lipinski definition) is 5. The summed E-state index contributed by atoms with van der Waals surface area (Å²) >= 11 is 1.78. The average Bonchev–Trinajstić information content (AvgIpc) is 2.64. The van der Waals surface area contributed by atoms with Crippen LogP contribution in [0.5, 0.6) is 0 Å². The molecule has 1 aliphatic heterocycles. The maximum atomic E-state index is 12.8. The van der Waals surface area contributed by atoms with Crippen LogP contribution in [0, 0.1) is 13.8 Å². The summed E-state index contributed by atoms with van der Waals surface area (Å²) in [5.41, 5.74) is 6.28. The largest absolute Gasteiger partial charge is 0.465 e. The van der Waals surface area contributed by atoms with Gasteiger partial charge in [-0.15, -0.1) is 0 Å². The lowest BCUT2D eigenvalue weighted by atomic mass is 10.2. The number of rotatable bonds is 3. The van der Waals surface area contributed by atoms with E-state index in [1.807, 2.05) is 6.92 Å². The molecule has 0 aliphatic carbocycles. The van der Waals surface area contributed by atoms with E-state index >= 15 is 0 Å². The van der Waals surface area contributed by atoms with E-state index < -0.39 is 10.0 Å². The van der Waals surface area contributed by atoms with E-state index in [1.54, 1.807) is 29.9 Å². The maximum absolute atomic E-state index is 12.8. The minimum absolute atomic E-state index is 0.00369. The number of sulfonamides is 1. The molecule has 1 aromatic heterocycles. The lowest BCUT2D eigenvalue weighted by Gasteiger charge is -2.32. The molecule has 2 rings (SSSR count). The summed E-state index contributed by atoms with van der Waals surface area (Å²) in [7, 11) is -3.52. The van der Waals surface area contributed by atoms with Gasteiger partial charge in [0.15, 0.2) is 0 Å². The minimum Gasteiger partial charge on any atom is -0.465 e. The first-order chi connectivity index (χ1) is 8.89. The van der Waals surface area contributed by atoms with Crippen molar-refractivity contribution in [3.05, 3.63) is 17.1 Å². The van der Waals surface area contributed by atoms with Crippen molar-refractivity contribution in [2.75, 3.05) is 18.1 Å². The van der Waals surface area contributed by atoms with Gasteiger partial charge in [0, 0.05) is 36.2 Å². The average molecular weight is 304 g/mol. The van der Waals surface area contributed by atoms with Crippen LogP contribution in [0.1, 0.15) is 24.0 Å². The van der Waals surface area contributed by atoms with Crippen LogP contribution in [-0.4, -0.2) is 36.8 Å². The zero-order chi connectivity index (χ0) is 14.2. The molecule has 1 saturated heterocycles. The number of furan rings is 1. The molecule has 0 saturated carbocycles. The van der Waals surface area contributed by atoms with Crippen molar-refractivity contribution < 1.29 is 12.8 Å². The van der Waals surface area contributed by atoms with Crippen LogP contribution in [0.2, 0.25) is 0 Å². The Hall–Kier alpha value is -0.500. The van der Waals surface area contributed by atoms with Crippen LogP contribution >= 0.6 is 11.8 Å². The highest BCUT2D eigenvalue weighted by Crippen LogP contribution is 2.31. The van der Waals surface area contributed by atoms with Crippen molar-refractivity contribution in [3.63, 3.8) is 0 Å². The molecule has 0 spiro atoms. The zero-order valence-electron chi connectivity index (χ0n) is 11.5. The lowest BCUT2D eigenvalue weighted by Crippen LogP contribution is -2.44. The molecule has 0 bridgehead atoms. The molecule has 2 heterocycles. The van der Waals surface area contributed by atoms with Gasteiger partial charge >= 0.3 is 0 Å². The summed E-state index contributed by atoms with van der Waals surface area (Å²) < 4.78 is 32.7. The van der Waals surface area contributed by atoms with Crippen molar-refractivity contribution in [1.82, 2.24) is 4.31 Å². The molecule has 5 nitrogen and oxygen atoms in total. The van der Waals surface area contributed by atoms with Gasteiger partial charge in [-0.1, -0.05) is 0 Å². The van der Waals surface area contributed by atoms with E-state index in [-0.39, 0.29) is 17.5 Å². The molecule has 1 atom stereocenters. The molecule has 19 heavy (non-hydrogen) atoms. The Morgan fingerprint density at radius 1 is 1.42 bits per heavy atom. The maximum Gasteiger partial charge on any atom is 0.247 e. The van der Waals surface area contributed by atoms with Crippen molar-refractivity contribution in [2.24, 2.45) is 5.73 Å². The standard InChI is InChI=1S/C12H20N2O3S2/c1-8-7-18-5-4-14(8)19(15,16)12-10(3)17-9(2)11(12)6-13/h8H,4-7,13H2,1-3H3. The van der Waals surface area contributed by atoms with Crippen LogP contribution in [0.15, 0.2) is 9.31 Å². The Morgan fingerprint density at radius 2 is 2.11 bits per heavy atom. The molecule has 1 aromatic rings. The second-order valence-corrected chi connectivity index (χ2v) is 7.74. The first kappa shape index (κ1) is 14.9. The Kier molecular flexibility index (Phi) is 4.29. The predicted molar refractivity (Wildman–Crippen MR) is 76.8 cm³/mol. The van der Waals surface area contributed by atoms with Crippen LogP contribution in [0.4, 0.5) is 0 Å². The van der Waals surface area contributed by atoms with E-state index in [9.17, 15) is 8.42 Å². The van der Waals surface area contributed by atoms with Gasteiger partial charge in [-0.05, 0) is 20.8 Å². The number of hydrogen-bond donors (Lipinski definition) is 1. The van der Waals surface area contributed by atoms with Crippen LogP contribution < -0.4 is 5.73 Å². The zero-order valence-corrected chi connectivity index (χ0v) is 13.1. The van der Waals surface area contributed by atoms with Gasteiger partial charge in [-0.2, -0.15) is 16.1 Å². The minimum atomic E-state index is -3.52. The smallest absolute Gasteiger partial charge is 0.247 e. The molecule has 1 unspecified atom stereocenters. The summed E-state index contributed by atoms with van der Waals surface area (Å²) in [5, 5.41) is 0. The van der Waals surface area contributed by atoms with Gasteiger partial charge in [0.05, 0.1) is 0 Å². The third kappa shape index (κ3) is 2.56. The second-order valence-electron chi connectivity index (χ2n) is 4.77. The molecule has 0 amide bonds. The van der Waals surface area contributed by atoms with Gasteiger partial charge in [0.1, 0.15) is 16.4 Å². The molecular weight excluding hydrogens is 284 g/mol. The summed E-state index contributed by atoms with van der Waals surface area (Å²) in [5.74, 6) is 2.69. The Morgan fingerprint density at radius 3 is 2.68 bits per heavy atom. The van der Waals surface area contributed by atoms with Gasteiger partial charge in [0.2, 0.25) is 10.0 Å². The molecule has 0 radical (unpaired) electrons. The Bertz CT molecular complexity index is 566. The Labute approximate surface area is 118 Å². The van der Waals surface area contributed by atoms with Gasteiger partial charge < -0.3 is 10.2 Å². The highest BCUT2D eigenvalue weighted by atomic mass is 32.2. The van der Waals surface area contributed by atoms with E-state index in [0.29, 0.717) is 23.6 Å². The first-order valence-corrected chi connectivity index (χ1v) is 8.87. The molecular formula is C12H20N2O3S2. The predicted octanol–water partition coefficient (Wildman–Crippen LogP) is 1.48. The molecule has 0 aromatic carbocycles. The number of nitrogens with zero attached hydrogens (tertiary/aromatic N) is 1. The van der Waals surface area contributed by atoms with Crippen molar-refractivity contribution in [2.45, 2.75) is 38.3 Å². The first-order valence-electron chi connectivity index (χ1n) is 6.28. The SMILES string of the molecule is Cc1oc(C)c(S(=O)(=O)N2CCSCC2C)c1CN. The highest BCUT2D eigenvalue weighted by molar-refractivity contribution is 7.99. The molecule has 2 N–H and O–H groups in total. The van der Waals surface area contributed by atoms with E-state index in [0.717, 1.165) is 11.5 Å². The van der Waals surface area contributed by atoms with E-state index in [4.69, 9.17) is 10.2 Å². The van der Waals surface area contributed by atoms with E-state index in [2.05, 4.69) is 0 Å². The van der Waals surface area contributed by atoms with Crippen LogP contribution in [-0.2, 0) is 16.6 Å².